The molecule has 1 aliphatic heterocycles. The molecule has 0 spiro atoms. The number of nitrogens with one attached hydrogen (secondary N) is 1. The van der Waals surface area contributed by atoms with Gasteiger partial charge in [-0.25, -0.2) is 8.42 Å². The molecule has 0 unspecified atom stereocenters. The van der Waals surface area contributed by atoms with E-state index < -0.39 is 27.7 Å². The zero-order valence-corrected chi connectivity index (χ0v) is 20.2. The molecule has 3 rings (SSSR count). The van der Waals surface area contributed by atoms with Crippen LogP contribution in [0.25, 0.3) is 0 Å². The summed E-state index contributed by atoms with van der Waals surface area (Å²) in [7, 11) is -1.81. The summed E-state index contributed by atoms with van der Waals surface area (Å²) >= 11 is 0. The van der Waals surface area contributed by atoms with Gasteiger partial charge in [0.15, 0.2) is 0 Å². The van der Waals surface area contributed by atoms with Gasteiger partial charge in [-0.2, -0.15) is 17.5 Å². The molecule has 186 valence electrons. The Hall–Kier alpha value is -2.63. The van der Waals surface area contributed by atoms with Crippen molar-refractivity contribution in [1.82, 2.24) is 9.21 Å². The van der Waals surface area contributed by atoms with E-state index in [-0.39, 0.29) is 29.2 Å². The zero-order chi connectivity index (χ0) is 25.1. The average molecular weight is 499 g/mol. The number of likely N-dealkylation sites (N-methyl/N-ethyl adjacent to an activating group) is 1. The molecule has 1 N–H and O–H groups in total. The monoisotopic (exact) mass is 498 g/mol. The van der Waals surface area contributed by atoms with E-state index in [0.717, 1.165) is 25.2 Å². The number of hydrogen-bond acceptors (Lipinski definition) is 5. The van der Waals surface area contributed by atoms with Gasteiger partial charge in [-0.15, -0.1) is 0 Å². The molecule has 0 atom stereocenters. The molecule has 0 radical (unpaired) electrons. The lowest BCUT2D eigenvalue weighted by molar-refractivity contribution is -0.137. The van der Waals surface area contributed by atoms with Crippen LogP contribution in [-0.2, 0) is 16.2 Å². The maximum absolute atomic E-state index is 13.2. The van der Waals surface area contributed by atoms with Crippen molar-refractivity contribution in [3.63, 3.8) is 0 Å². The van der Waals surface area contributed by atoms with Crippen LogP contribution in [0.1, 0.15) is 29.8 Å². The molecule has 0 saturated carbocycles. The number of amides is 1. The van der Waals surface area contributed by atoms with Crippen molar-refractivity contribution in [2.75, 3.05) is 56.5 Å². The summed E-state index contributed by atoms with van der Waals surface area (Å²) in [5, 5.41) is 2.61. The number of carbonyl (C=O) groups excluding carboxylic acids is 1. The number of halogens is 3. The third-order valence-corrected chi connectivity index (χ3v) is 7.92. The largest absolute Gasteiger partial charge is 0.416 e. The fraction of sp³-hybridized carbons (Fsp3) is 0.435. The fourth-order valence-corrected chi connectivity index (χ4v) is 5.32. The van der Waals surface area contributed by atoms with Gasteiger partial charge in [0.25, 0.3) is 5.91 Å². The van der Waals surface area contributed by atoms with Crippen LogP contribution in [0.2, 0.25) is 0 Å². The summed E-state index contributed by atoms with van der Waals surface area (Å²) in [5.74, 6) is -0.592. The molecule has 2 aromatic rings. The first kappa shape index (κ1) is 26.0. The molecule has 1 heterocycles. The molecule has 0 bridgehead atoms. The van der Waals surface area contributed by atoms with Crippen LogP contribution in [0.4, 0.5) is 24.5 Å². The van der Waals surface area contributed by atoms with Crippen LogP contribution in [0.15, 0.2) is 47.4 Å². The lowest BCUT2D eigenvalue weighted by Gasteiger charge is -2.35. The molecule has 2 aromatic carbocycles. The van der Waals surface area contributed by atoms with Crippen LogP contribution in [-0.4, -0.2) is 69.8 Å². The molecule has 11 heteroatoms. The van der Waals surface area contributed by atoms with Gasteiger partial charge >= 0.3 is 6.18 Å². The van der Waals surface area contributed by atoms with Gasteiger partial charge in [-0.1, -0.05) is 13.8 Å². The Morgan fingerprint density at radius 2 is 1.59 bits per heavy atom. The Kier molecular flexibility index (Phi) is 7.89. The first-order chi connectivity index (χ1) is 16.0. The second-order valence-electron chi connectivity index (χ2n) is 8.09. The maximum atomic E-state index is 13.2. The fourth-order valence-electron chi connectivity index (χ4n) is 3.83. The Labute approximate surface area is 198 Å². The normalized spacial score (nSPS) is 15.6. The summed E-state index contributed by atoms with van der Waals surface area (Å²) in [6, 6.07) is 8.59. The average Bonchev–Trinajstić information content (AvgIpc) is 2.79. The third kappa shape index (κ3) is 5.70. The van der Waals surface area contributed by atoms with Crippen molar-refractivity contribution >= 4 is 27.3 Å². The van der Waals surface area contributed by atoms with Crippen molar-refractivity contribution in [3.8, 4) is 0 Å². The van der Waals surface area contributed by atoms with Crippen LogP contribution in [0.3, 0.4) is 0 Å². The topological polar surface area (TPSA) is 73.0 Å². The number of anilines is 2. The van der Waals surface area contributed by atoms with E-state index in [1.165, 1.54) is 28.6 Å². The number of rotatable bonds is 7. The Morgan fingerprint density at radius 3 is 2.12 bits per heavy atom. The van der Waals surface area contributed by atoms with Crippen molar-refractivity contribution in [3.05, 3.63) is 53.6 Å². The lowest BCUT2D eigenvalue weighted by atomic mass is 10.1. The highest BCUT2D eigenvalue weighted by Crippen LogP contribution is 2.31. The molecule has 1 fully saturated rings. The number of carbonyl (C=O) groups is 1. The van der Waals surface area contributed by atoms with Gasteiger partial charge in [-0.3, -0.25) is 4.79 Å². The minimum Gasteiger partial charge on any atom is -0.368 e. The molecule has 7 nitrogen and oxygen atoms in total. The highest BCUT2D eigenvalue weighted by atomic mass is 32.2. The number of sulfonamides is 1. The number of alkyl halides is 3. The number of nitrogens with zero attached hydrogens (tertiary/aromatic N) is 3. The minimum absolute atomic E-state index is 0.00773. The van der Waals surface area contributed by atoms with Crippen LogP contribution < -0.4 is 10.2 Å². The quantitative estimate of drug-likeness (QED) is 0.630. The van der Waals surface area contributed by atoms with Crippen LogP contribution in [0, 0.1) is 0 Å². The number of hydrogen-bond donors (Lipinski definition) is 1. The predicted octanol–water partition coefficient (Wildman–Crippen LogP) is 3.74. The molecule has 1 aliphatic rings. The maximum Gasteiger partial charge on any atom is 0.416 e. The van der Waals surface area contributed by atoms with Gasteiger partial charge in [-0.05, 0) is 49.5 Å². The molecular weight excluding hydrogens is 469 g/mol. The van der Waals surface area contributed by atoms with E-state index in [4.69, 9.17) is 0 Å². The number of piperazine rings is 1. The summed E-state index contributed by atoms with van der Waals surface area (Å²) in [5.41, 5.74) is 0.0870. The first-order valence-electron chi connectivity index (χ1n) is 11.0. The van der Waals surface area contributed by atoms with Crippen LogP contribution in [0.5, 0.6) is 0 Å². The summed E-state index contributed by atoms with van der Waals surface area (Å²) in [6.45, 7) is 6.89. The standard InChI is InChI=1S/C23H29F3N4O3S/c1-4-30(5-2)34(32,33)19-10-11-21(29-14-12-28(3)13-15-29)20(16-19)22(31)27-18-8-6-17(7-9-18)23(24,25)26/h6-11,16H,4-5,12-15H2,1-3H3,(H,27,31). The molecule has 1 saturated heterocycles. The Balaban J connectivity index is 1.98. The molecule has 0 aromatic heterocycles. The van der Waals surface area contributed by atoms with E-state index in [0.29, 0.717) is 18.8 Å². The van der Waals surface area contributed by atoms with Gasteiger partial charge < -0.3 is 15.1 Å². The molecule has 34 heavy (non-hydrogen) atoms. The van der Waals surface area contributed by atoms with E-state index in [9.17, 15) is 26.4 Å². The van der Waals surface area contributed by atoms with Gasteiger partial charge in [0.2, 0.25) is 10.0 Å². The predicted molar refractivity (Wildman–Crippen MR) is 126 cm³/mol. The van der Waals surface area contributed by atoms with Gasteiger partial charge in [0.05, 0.1) is 16.0 Å². The highest BCUT2D eigenvalue weighted by molar-refractivity contribution is 7.89. The zero-order valence-electron chi connectivity index (χ0n) is 19.4. The second-order valence-corrected chi connectivity index (χ2v) is 10.0. The Morgan fingerprint density at radius 1 is 1.00 bits per heavy atom. The lowest BCUT2D eigenvalue weighted by Crippen LogP contribution is -2.45. The van der Waals surface area contributed by atoms with E-state index >= 15 is 0 Å². The smallest absolute Gasteiger partial charge is 0.368 e. The van der Waals surface area contributed by atoms with Crippen LogP contribution >= 0.6 is 0 Å². The second kappa shape index (κ2) is 10.3. The third-order valence-electron chi connectivity index (χ3n) is 5.87. The summed E-state index contributed by atoms with van der Waals surface area (Å²) in [6.07, 6.45) is -4.48. The SMILES string of the molecule is CCN(CC)S(=O)(=O)c1ccc(N2CCN(C)CC2)c(C(=O)Nc2ccc(C(F)(F)F)cc2)c1. The molecule has 1 amide bonds. The molecular formula is C23H29F3N4O3S. The number of benzene rings is 2. The van der Waals surface area contributed by atoms with Crippen molar-refractivity contribution in [1.29, 1.82) is 0 Å². The summed E-state index contributed by atoms with van der Waals surface area (Å²) in [4.78, 5) is 17.4. The molecule has 0 aliphatic carbocycles. The highest BCUT2D eigenvalue weighted by Gasteiger charge is 2.30. The van der Waals surface area contributed by atoms with E-state index in [1.807, 2.05) is 11.9 Å². The van der Waals surface area contributed by atoms with Crippen molar-refractivity contribution in [2.45, 2.75) is 24.9 Å². The van der Waals surface area contributed by atoms with Crippen molar-refractivity contribution in [2.24, 2.45) is 0 Å². The van der Waals surface area contributed by atoms with Crippen molar-refractivity contribution < 1.29 is 26.4 Å². The van der Waals surface area contributed by atoms with Gasteiger partial charge in [0, 0.05) is 50.6 Å². The van der Waals surface area contributed by atoms with Gasteiger partial charge in [0.1, 0.15) is 0 Å². The Bertz CT molecular complexity index is 1110. The first-order valence-corrected chi connectivity index (χ1v) is 12.5. The van der Waals surface area contributed by atoms with E-state index in [2.05, 4.69) is 10.2 Å². The van der Waals surface area contributed by atoms with E-state index in [1.54, 1.807) is 19.9 Å². The minimum atomic E-state index is -4.48. The summed E-state index contributed by atoms with van der Waals surface area (Å²) < 4.78 is 66.0.